The fourth-order valence-corrected chi connectivity index (χ4v) is 2.25. The molecule has 114 valence electrons. The molecule has 1 heterocycles. The summed E-state index contributed by atoms with van der Waals surface area (Å²) in [5, 5.41) is 2.78. The zero-order valence-corrected chi connectivity index (χ0v) is 12.2. The number of carbonyl (C=O) groups excluding carboxylic acids is 2. The normalized spacial score (nSPS) is 15.0. The third kappa shape index (κ3) is 3.93. The molecule has 0 atom stereocenters. The number of hydrogen-bond donors (Lipinski definition) is 1. The number of hydrogen-bond acceptors (Lipinski definition) is 3. The van der Waals surface area contributed by atoms with Crippen molar-refractivity contribution in [2.45, 2.75) is 25.8 Å². The van der Waals surface area contributed by atoms with E-state index in [1.807, 2.05) is 13.8 Å². The number of nitrogens with zero attached hydrogens (tertiary/aromatic N) is 1. The maximum Gasteiger partial charge on any atom is 0.410 e. The van der Waals surface area contributed by atoms with Crippen molar-refractivity contribution < 1.29 is 18.7 Å². The molecule has 1 saturated heterocycles. The molecule has 1 fully saturated rings. The van der Waals surface area contributed by atoms with Crippen LogP contribution in [0.4, 0.5) is 9.18 Å². The number of halogens is 1. The summed E-state index contributed by atoms with van der Waals surface area (Å²) >= 11 is 0. The molecule has 21 heavy (non-hydrogen) atoms. The quantitative estimate of drug-likeness (QED) is 0.899. The maximum absolute atomic E-state index is 13.1. The van der Waals surface area contributed by atoms with Crippen molar-refractivity contribution in [3.8, 4) is 0 Å². The molecule has 0 aromatic heterocycles. The van der Waals surface area contributed by atoms with Gasteiger partial charge in [-0.25, -0.2) is 9.18 Å². The summed E-state index contributed by atoms with van der Waals surface area (Å²) in [5.41, 5.74) is 0.0939. The lowest BCUT2D eigenvalue weighted by atomic mass is 10.0. The van der Waals surface area contributed by atoms with Gasteiger partial charge in [0.15, 0.2) is 0 Å². The van der Waals surface area contributed by atoms with Crippen molar-refractivity contribution in [2.24, 2.45) is 0 Å². The van der Waals surface area contributed by atoms with Crippen LogP contribution in [0.3, 0.4) is 0 Å². The van der Waals surface area contributed by atoms with E-state index in [1.54, 1.807) is 17.0 Å². The van der Waals surface area contributed by atoms with Crippen LogP contribution in [0.1, 0.15) is 19.4 Å². The highest BCUT2D eigenvalue weighted by atomic mass is 19.1. The minimum atomic E-state index is -0.523. The van der Waals surface area contributed by atoms with Crippen molar-refractivity contribution >= 4 is 12.0 Å². The standard InChI is InChI=1S/C15H19FN2O3/c1-15(2,18-6-7-21-14(18)20)10-17-13(19)9-11-4-3-5-12(16)8-11/h3-5,8H,6-7,9-10H2,1-2H3,(H,17,19). The molecule has 2 amide bonds. The van der Waals surface area contributed by atoms with Gasteiger partial charge in [-0.2, -0.15) is 0 Å². The molecular formula is C15H19FN2O3. The maximum atomic E-state index is 13.1. The van der Waals surface area contributed by atoms with Gasteiger partial charge >= 0.3 is 6.09 Å². The van der Waals surface area contributed by atoms with Gasteiger partial charge in [-0.15, -0.1) is 0 Å². The fourth-order valence-electron chi connectivity index (χ4n) is 2.25. The van der Waals surface area contributed by atoms with E-state index in [-0.39, 0.29) is 24.2 Å². The van der Waals surface area contributed by atoms with Gasteiger partial charge in [0.1, 0.15) is 12.4 Å². The molecule has 0 saturated carbocycles. The van der Waals surface area contributed by atoms with Gasteiger partial charge in [-0.1, -0.05) is 12.1 Å². The Balaban J connectivity index is 1.87. The molecule has 1 aromatic rings. The summed E-state index contributed by atoms with van der Waals surface area (Å²) in [7, 11) is 0. The number of amides is 2. The Bertz CT molecular complexity index is 545. The molecule has 0 radical (unpaired) electrons. The van der Waals surface area contributed by atoms with Gasteiger partial charge in [0.05, 0.1) is 18.5 Å². The summed E-state index contributed by atoms with van der Waals surface area (Å²) in [6.07, 6.45) is -0.252. The largest absolute Gasteiger partial charge is 0.448 e. The van der Waals surface area contributed by atoms with Crippen molar-refractivity contribution in [3.05, 3.63) is 35.6 Å². The predicted octanol–water partition coefficient (Wildman–Crippen LogP) is 1.72. The lowest BCUT2D eigenvalue weighted by molar-refractivity contribution is -0.120. The van der Waals surface area contributed by atoms with E-state index >= 15 is 0 Å². The van der Waals surface area contributed by atoms with E-state index in [0.717, 1.165) is 0 Å². The number of benzene rings is 1. The van der Waals surface area contributed by atoms with Crippen molar-refractivity contribution in [3.63, 3.8) is 0 Å². The molecule has 5 nitrogen and oxygen atoms in total. The third-order valence-corrected chi connectivity index (χ3v) is 3.46. The first-order valence-electron chi connectivity index (χ1n) is 6.84. The summed E-state index contributed by atoms with van der Waals surface area (Å²) in [4.78, 5) is 25.0. The monoisotopic (exact) mass is 294 g/mol. The van der Waals surface area contributed by atoms with Crippen LogP contribution in [0.5, 0.6) is 0 Å². The molecule has 0 unspecified atom stereocenters. The molecule has 2 rings (SSSR count). The zero-order valence-electron chi connectivity index (χ0n) is 12.2. The molecule has 0 aliphatic carbocycles. The summed E-state index contributed by atoms with van der Waals surface area (Å²) in [6, 6.07) is 5.94. The van der Waals surface area contributed by atoms with E-state index in [2.05, 4.69) is 5.32 Å². The van der Waals surface area contributed by atoms with Crippen molar-refractivity contribution in [2.75, 3.05) is 19.7 Å². The van der Waals surface area contributed by atoms with Crippen LogP contribution in [0.15, 0.2) is 24.3 Å². The van der Waals surface area contributed by atoms with Crippen molar-refractivity contribution in [1.29, 1.82) is 0 Å². The summed E-state index contributed by atoms with van der Waals surface area (Å²) in [6.45, 7) is 4.94. The Hall–Kier alpha value is -2.11. The minimum Gasteiger partial charge on any atom is -0.448 e. The first-order chi connectivity index (χ1) is 9.88. The van der Waals surface area contributed by atoms with Crippen LogP contribution < -0.4 is 5.32 Å². The van der Waals surface area contributed by atoms with E-state index < -0.39 is 5.54 Å². The van der Waals surface area contributed by atoms with Gasteiger partial charge in [0.2, 0.25) is 5.91 Å². The number of rotatable bonds is 5. The SMILES string of the molecule is CC(C)(CNC(=O)Cc1cccc(F)c1)N1CCOC1=O. The molecule has 1 aromatic carbocycles. The van der Waals surface area contributed by atoms with Crippen LogP contribution in [-0.2, 0) is 16.0 Å². The minimum absolute atomic E-state index is 0.109. The second-order valence-electron chi connectivity index (χ2n) is 5.66. The van der Waals surface area contributed by atoms with Crippen LogP contribution in [0, 0.1) is 5.82 Å². The Morgan fingerprint density at radius 1 is 1.48 bits per heavy atom. The van der Waals surface area contributed by atoms with E-state index in [4.69, 9.17) is 4.74 Å². The van der Waals surface area contributed by atoms with Gasteiger partial charge in [-0.3, -0.25) is 9.69 Å². The summed E-state index contributed by atoms with van der Waals surface area (Å²) < 4.78 is 18.0. The molecular weight excluding hydrogens is 275 g/mol. The highest BCUT2D eigenvalue weighted by Crippen LogP contribution is 2.18. The second-order valence-corrected chi connectivity index (χ2v) is 5.66. The van der Waals surface area contributed by atoms with E-state index in [0.29, 0.717) is 25.3 Å². The summed E-state index contributed by atoms with van der Waals surface area (Å²) in [5.74, 6) is -0.568. The highest BCUT2D eigenvalue weighted by Gasteiger charge is 2.35. The molecule has 1 aliphatic rings. The lowest BCUT2D eigenvalue weighted by Gasteiger charge is -2.33. The Morgan fingerprint density at radius 3 is 2.86 bits per heavy atom. The van der Waals surface area contributed by atoms with Crippen LogP contribution in [0.25, 0.3) is 0 Å². The average Bonchev–Trinajstić information content (AvgIpc) is 2.84. The van der Waals surface area contributed by atoms with Crippen LogP contribution >= 0.6 is 0 Å². The first kappa shape index (κ1) is 15.3. The van der Waals surface area contributed by atoms with Crippen LogP contribution in [-0.4, -0.2) is 42.1 Å². The van der Waals surface area contributed by atoms with E-state index in [9.17, 15) is 14.0 Å². The average molecular weight is 294 g/mol. The third-order valence-electron chi connectivity index (χ3n) is 3.46. The Labute approximate surface area is 123 Å². The zero-order chi connectivity index (χ0) is 15.5. The highest BCUT2D eigenvalue weighted by molar-refractivity contribution is 5.78. The molecule has 1 N–H and O–H groups in total. The molecule has 0 bridgehead atoms. The lowest BCUT2D eigenvalue weighted by Crippen LogP contribution is -2.52. The number of nitrogens with one attached hydrogen (secondary N) is 1. The van der Waals surface area contributed by atoms with Crippen LogP contribution in [0.2, 0.25) is 0 Å². The molecule has 1 aliphatic heterocycles. The number of carbonyl (C=O) groups is 2. The van der Waals surface area contributed by atoms with Gasteiger partial charge < -0.3 is 10.1 Å². The number of ether oxygens (including phenoxy) is 1. The fraction of sp³-hybridized carbons (Fsp3) is 0.467. The van der Waals surface area contributed by atoms with E-state index in [1.165, 1.54) is 12.1 Å². The molecule has 6 heteroatoms. The van der Waals surface area contributed by atoms with Gasteiger partial charge in [0, 0.05) is 6.54 Å². The second kappa shape index (κ2) is 6.11. The predicted molar refractivity (Wildman–Crippen MR) is 75.2 cm³/mol. The smallest absolute Gasteiger partial charge is 0.410 e. The van der Waals surface area contributed by atoms with Gasteiger partial charge in [0.25, 0.3) is 0 Å². The Morgan fingerprint density at radius 2 is 2.24 bits per heavy atom. The topological polar surface area (TPSA) is 58.6 Å². The molecule has 0 spiro atoms. The van der Waals surface area contributed by atoms with Gasteiger partial charge in [-0.05, 0) is 31.5 Å². The first-order valence-corrected chi connectivity index (χ1v) is 6.84. The number of cyclic esters (lactones) is 1. The Kier molecular flexibility index (Phi) is 4.45. The van der Waals surface area contributed by atoms with Crippen molar-refractivity contribution in [1.82, 2.24) is 10.2 Å².